The minimum Gasteiger partial charge on any atom is -0.356 e. The normalized spacial score (nSPS) is 16.6. The quantitative estimate of drug-likeness (QED) is 0.512. The largest absolute Gasteiger partial charge is 0.435 e. The number of hydrogen-bond acceptors (Lipinski definition) is 7. The molecular formula is C23H23F3N6O2S. The van der Waals surface area contributed by atoms with E-state index < -0.39 is 11.9 Å². The minimum absolute atomic E-state index is 0.219. The van der Waals surface area contributed by atoms with E-state index in [1.54, 1.807) is 4.90 Å². The van der Waals surface area contributed by atoms with Crippen LogP contribution in [0.1, 0.15) is 30.0 Å². The van der Waals surface area contributed by atoms with E-state index in [2.05, 4.69) is 27.3 Å². The van der Waals surface area contributed by atoms with Gasteiger partial charge in [0.15, 0.2) is 16.6 Å². The lowest BCUT2D eigenvalue weighted by Crippen LogP contribution is -2.49. The van der Waals surface area contributed by atoms with Crippen LogP contribution < -0.4 is 4.90 Å². The van der Waals surface area contributed by atoms with Crippen molar-refractivity contribution in [3.05, 3.63) is 52.9 Å². The van der Waals surface area contributed by atoms with Gasteiger partial charge in [-0.05, 0) is 25.8 Å². The van der Waals surface area contributed by atoms with Gasteiger partial charge in [-0.3, -0.25) is 9.48 Å². The number of amides is 1. The molecule has 2 aliphatic rings. The molecule has 0 saturated carbocycles. The predicted molar refractivity (Wildman–Crippen MR) is 125 cm³/mol. The van der Waals surface area contributed by atoms with E-state index in [1.807, 2.05) is 17.5 Å². The number of carbonyl (C=O) groups is 1. The van der Waals surface area contributed by atoms with Crippen molar-refractivity contribution in [2.45, 2.75) is 32.5 Å². The van der Waals surface area contributed by atoms with E-state index in [9.17, 15) is 18.0 Å². The van der Waals surface area contributed by atoms with Crippen molar-refractivity contribution in [3.63, 3.8) is 0 Å². The van der Waals surface area contributed by atoms with Crippen LogP contribution in [0.15, 0.2) is 40.3 Å². The number of hydrogen-bond donors (Lipinski definition) is 0. The van der Waals surface area contributed by atoms with Crippen molar-refractivity contribution < 1.29 is 22.5 Å². The van der Waals surface area contributed by atoms with Crippen molar-refractivity contribution >= 4 is 27.9 Å². The Bertz CT molecular complexity index is 1280. The SMILES string of the molecule is Cc1cc(C(F)(F)F)nn1CC(=O)N1CCN(c2nc(-c3cc(C4=CCCC=C4)on3)cs2)CC1. The molecule has 0 unspecified atom stereocenters. The second-order valence-corrected chi connectivity index (χ2v) is 9.26. The number of alkyl halides is 3. The molecule has 5 rings (SSSR count). The Hall–Kier alpha value is -3.41. The van der Waals surface area contributed by atoms with Crippen molar-refractivity contribution in [1.29, 1.82) is 0 Å². The second kappa shape index (κ2) is 9.33. The first kappa shape index (κ1) is 23.3. The summed E-state index contributed by atoms with van der Waals surface area (Å²) in [5.41, 5.74) is 1.73. The van der Waals surface area contributed by atoms with Gasteiger partial charge in [0.2, 0.25) is 5.91 Å². The van der Waals surface area contributed by atoms with Crippen LogP contribution in [-0.4, -0.2) is 56.9 Å². The second-order valence-electron chi connectivity index (χ2n) is 8.43. The van der Waals surface area contributed by atoms with Gasteiger partial charge in [-0.25, -0.2) is 4.98 Å². The number of piperazine rings is 1. The molecule has 1 aliphatic carbocycles. The summed E-state index contributed by atoms with van der Waals surface area (Å²) in [6.45, 7) is 3.35. The Morgan fingerprint density at radius 3 is 2.63 bits per heavy atom. The third kappa shape index (κ3) is 5.02. The molecule has 1 fully saturated rings. The molecule has 0 aromatic carbocycles. The van der Waals surface area contributed by atoms with Crippen molar-refractivity contribution in [1.82, 2.24) is 24.8 Å². The lowest BCUT2D eigenvalue weighted by molar-refractivity contribution is -0.142. The van der Waals surface area contributed by atoms with Gasteiger partial charge in [-0.1, -0.05) is 23.4 Å². The summed E-state index contributed by atoms with van der Waals surface area (Å²) in [5, 5.41) is 10.5. The van der Waals surface area contributed by atoms with Crippen LogP contribution in [0.4, 0.5) is 18.3 Å². The number of aromatic nitrogens is 4. The van der Waals surface area contributed by atoms with Gasteiger partial charge in [0.1, 0.15) is 17.9 Å². The maximum absolute atomic E-state index is 12.9. The van der Waals surface area contributed by atoms with Crippen LogP contribution in [0.5, 0.6) is 0 Å². The number of aryl methyl sites for hydroxylation is 1. The van der Waals surface area contributed by atoms with E-state index in [1.165, 1.54) is 18.3 Å². The summed E-state index contributed by atoms with van der Waals surface area (Å²) < 4.78 is 45.2. The molecule has 8 nitrogen and oxygen atoms in total. The average Bonchev–Trinajstić information content (AvgIpc) is 3.60. The van der Waals surface area contributed by atoms with E-state index in [-0.39, 0.29) is 12.5 Å². The Balaban J connectivity index is 1.18. The molecule has 0 bridgehead atoms. The van der Waals surface area contributed by atoms with E-state index in [0.717, 1.165) is 40.0 Å². The Morgan fingerprint density at radius 2 is 1.94 bits per heavy atom. The van der Waals surface area contributed by atoms with Gasteiger partial charge in [0.25, 0.3) is 0 Å². The Morgan fingerprint density at radius 1 is 1.14 bits per heavy atom. The van der Waals surface area contributed by atoms with E-state index in [4.69, 9.17) is 9.51 Å². The fourth-order valence-corrected chi connectivity index (χ4v) is 4.91. The molecule has 3 aromatic rings. The third-order valence-electron chi connectivity index (χ3n) is 6.00. The molecule has 0 spiro atoms. The molecule has 0 radical (unpaired) electrons. The van der Waals surface area contributed by atoms with Crippen molar-refractivity contribution in [2.24, 2.45) is 0 Å². The standard InChI is InChI=1S/C23H23F3N6O2S/c1-15-11-20(23(24,25)26)28-32(15)13-21(33)30-7-9-31(10-8-30)22-27-18(14-35-22)17-12-19(34-29-17)16-5-3-2-4-6-16/h3,5-6,11-12,14H,2,4,7-10,13H2,1H3. The fraction of sp³-hybridized carbons (Fsp3) is 0.391. The summed E-state index contributed by atoms with van der Waals surface area (Å²) in [7, 11) is 0. The lowest BCUT2D eigenvalue weighted by Gasteiger charge is -2.34. The number of anilines is 1. The van der Waals surface area contributed by atoms with Crippen molar-refractivity contribution in [2.75, 3.05) is 31.1 Å². The molecule has 0 atom stereocenters. The highest BCUT2D eigenvalue weighted by atomic mass is 32.1. The zero-order valence-electron chi connectivity index (χ0n) is 19.0. The van der Waals surface area contributed by atoms with Gasteiger partial charge < -0.3 is 14.3 Å². The van der Waals surface area contributed by atoms with E-state index >= 15 is 0 Å². The van der Waals surface area contributed by atoms with Crippen LogP contribution in [0.25, 0.3) is 17.0 Å². The molecule has 4 heterocycles. The van der Waals surface area contributed by atoms with Gasteiger partial charge in [-0.2, -0.15) is 18.3 Å². The number of thiazole rings is 1. The first-order valence-corrected chi connectivity index (χ1v) is 12.1. The third-order valence-corrected chi connectivity index (χ3v) is 6.91. The van der Waals surface area contributed by atoms with Crippen molar-refractivity contribution in [3.8, 4) is 11.4 Å². The minimum atomic E-state index is -4.53. The summed E-state index contributed by atoms with van der Waals surface area (Å²) in [6.07, 6.45) is 3.74. The van der Waals surface area contributed by atoms with Crippen LogP contribution in [0.3, 0.4) is 0 Å². The first-order chi connectivity index (χ1) is 16.8. The molecule has 3 aromatic heterocycles. The smallest absolute Gasteiger partial charge is 0.356 e. The summed E-state index contributed by atoms with van der Waals surface area (Å²) in [5.74, 6) is 0.456. The van der Waals surface area contributed by atoms with Crippen LogP contribution in [0, 0.1) is 6.92 Å². The summed E-state index contributed by atoms with van der Waals surface area (Å²) in [6, 6.07) is 2.84. The van der Waals surface area contributed by atoms with Gasteiger partial charge in [0, 0.05) is 48.9 Å². The predicted octanol–water partition coefficient (Wildman–Crippen LogP) is 4.40. The number of nitrogens with zero attached hydrogens (tertiary/aromatic N) is 6. The number of carbonyl (C=O) groups excluding carboxylic acids is 1. The number of allylic oxidation sites excluding steroid dienone is 4. The highest BCUT2D eigenvalue weighted by Crippen LogP contribution is 2.31. The van der Waals surface area contributed by atoms with Crippen LogP contribution >= 0.6 is 11.3 Å². The Kier molecular flexibility index (Phi) is 6.22. The maximum atomic E-state index is 12.9. The monoisotopic (exact) mass is 504 g/mol. The summed E-state index contributed by atoms with van der Waals surface area (Å²) in [4.78, 5) is 21.1. The fourth-order valence-electron chi connectivity index (χ4n) is 4.04. The molecule has 0 N–H and O–H groups in total. The average molecular weight is 505 g/mol. The number of rotatable bonds is 5. The maximum Gasteiger partial charge on any atom is 0.435 e. The molecule has 1 amide bonds. The molecule has 1 aliphatic heterocycles. The lowest BCUT2D eigenvalue weighted by atomic mass is 10.0. The summed E-state index contributed by atoms with van der Waals surface area (Å²) >= 11 is 1.50. The molecule has 184 valence electrons. The van der Waals surface area contributed by atoms with Crippen LogP contribution in [0.2, 0.25) is 0 Å². The highest BCUT2D eigenvalue weighted by Gasteiger charge is 2.35. The molecule has 35 heavy (non-hydrogen) atoms. The zero-order valence-corrected chi connectivity index (χ0v) is 19.8. The Labute approximate surface area is 203 Å². The molecule has 12 heteroatoms. The van der Waals surface area contributed by atoms with E-state index in [0.29, 0.717) is 43.3 Å². The van der Waals surface area contributed by atoms with Crippen LogP contribution in [-0.2, 0) is 17.5 Å². The first-order valence-electron chi connectivity index (χ1n) is 11.2. The molecule has 1 saturated heterocycles. The zero-order chi connectivity index (χ0) is 24.6. The molecular weight excluding hydrogens is 481 g/mol. The topological polar surface area (TPSA) is 80.3 Å². The van der Waals surface area contributed by atoms with Gasteiger partial charge in [0.05, 0.1) is 0 Å². The van der Waals surface area contributed by atoms with Gasteiger partial charge >= 0.3 is 6.18 Å². The number of halogens is 3. The van der Waals surface area contributed by atoms with Gasteiger partial charge in [-0.15, -0.1) is 11.3 Å². The highest BCUT2D eigenvalue weighted by molar-refractivity contribution is 7.14.